The van der Waals surface area contributed by atoms with Gasteiger partial charge in [0, 0.05) is 34.4 Å². The van der Waals surface area contributed by atoms with Crippen molar-refractivity contribution < 1.29 is 0 Å². The van der Waals surface area contributed by atoms with Crippen molar-refractivity contribution >= 4 is 21.8 Å². The third-order valence-corrected chi connectivity index (χ3v) is 4.25. The molecule has 0 amide bonds. The second-order valence-electron chi connectivity index (χ2n) is 5.77. The fraction of sp³-hybridized carbons (Fsp3) is 0.333. The van der Waals surface area contributed by atoms with Crippen LogP contribution in [0.15, 0.2) is 48.5 Å². The molecular formula is C18H20N2. The minimum absolute atomic E-state index is 0.813. The second kappa shape index (κ2) is 4.95. The third-order valence-electron chi connectivity index (χ3n) is 4.25. The van der Waals surface area contributed by atoms with Crippen LogP contribution in [0.25, 0.3) is 21.8 Å². The van der Waals surface area contributed by atoms with Crippen LogP contribution in [0.2, 0.25) is 0 Å². The molecule has 2 heteroatoms. The topological polar surface area (TPSA) is 17.0 Å². The lowest BCUT2D eigenvalue weighted by molar-refractivity contribution is 0.596. The first kappa shape index (κ1) is 12.0. The van der Waals surface area contributed by atoms with Crippen LogP contribution in [0.5, 0.6) is 0 Å². The minimum Gasteiger partial charge on any atom is -0.340 e. The Kier molecular flexibility index (Phi) is 2.96. The fourth-order valence-electron chi connectivity index (χ4n) is 3.08. The molecule has 20 heavy (non-hydrogen) atoms. The lowest BCUT2D eigenvalue weighted by Gasteiger charge is -2.08. The Morgan fingerprint density at radius 1 is 0.900 bits per heavy atom. The van der Waals surface area contributed by atoms with Crippen molar-refractivity contribution in [2.45, 2.75) is 31.8 Å². The zero-order valence-corrected chi connectivity index (χ0v) is 11.7. The normalized spacial score (nSPS) is 15.2. The zero-order valence-electron chi connectivity index (χ0n) is 11.7. The van der Waals surface area contributed by atoms with Crippen LogP contribution in [0.4, 0.5) is 0 Å². The summed E-state index contributed by atoms with van der Waals surface area (Å²) in [6, 6.07) is 18.3. The highest BCUT2D eigenvalue weighted by atomic mass is 15.0. The molecule has 0 bridgehead atoms. The first-order chi connectivity index (χ1) is 9.93. The van der Waals surface area contributed by atoms with Gasteiger partial charge in [-0.05, 0) is 37.9 Å². The lowest BCUT2D eigenvalue weighted by atomic mass is 10.2. The number of fused-ring (bicyclic) bond motifs is 3. The lowest BCUT2D eigenvalue weighted by Crippen LogP contribution is -2.18. The van der Waals surface area contributed by atoms with Gasteiger partial charge in [-0.1, -0.05) is 36.4 Å². The van der Waals surface area contributed by atoms with Crippen LogP contribution in [-0.4, -0.2) is 17.2 Å². The van der Waals surface area contributed by atoms with Crippen LogP contribution in [0.3, 0.4) is 0 Å². The van der Waals surface area contributed by atoms with Crippen LogP contribution >= 0.6 is 0 Å². The van der Waals surface area contributed by atoms with Crippen molar-refractivity contribution in [3.63, 3.8) is 0 Å². The van der Waals surface area contributed by atoms with Gasteiger partial charge in [0.15, 0.2) is 0 Å². The maximum Gasteiger partial charge on any atom is 0.0491 e. The smallest absolute Gasteiger partial charge is 0.0491 e. The molecule has 1 saturated carbocycles. The van der Waals surface area contributed by atoms with E-state index in [0.29, 0.717) is 0 Å². The standard InChI is InChI=1S/C18H20N2/c1-3-8-17-15(6-1)16-7-2-4-9-18(16)20(17)13-5-12-19-14-10-11-14/h1-4,6-9,14,19H,5,10-13H2. The molecule has 4 rings (SSSR count). The van der Waals surface area contributed by atoms with E-state index in [-0.39, 0.29) is 0 Å². The molecule has 0 atom stereocenters. The molecule has 1 N–H and O–H groups in total. The van der Waals surface area contributed by atoms with Crippen molar-refractivity contribution in [3.05, 3.63) is 48.5 Å². The van der Waals surface area contributed by atoms with E-state index in [1.165, 1.54) is 41.1 Å². The largest absolute Gasteiger partial charge is 0.340 e. The quantitative estimate of drug-likeness (QED) is 0.691. The van der Waals surface area contributed by atoms with Crippen LogP contribution in [0, 0.1) is 0 Å². The van der Waals surface area contributed by atoms with Crippen LogP contribution in [-0.2, 0) is 6.54 Å². The van der Waals surface area contributed by atoms with E-state index in [9.17, 15) is 0 Å². The zero-order chi connectivity index (χ0) is 13.4. The minimum atomic E-state index is 0.813. The van der Waals surface area contributed by atoms with Crippen LogP contribution < -0.4 is 5.32 Å². The summed E-state index contributed by atoms with van der Waals surface area (Å²) in [5, 5.41) is 6.35. The molecule has 1 heterocycles. The van der Waals surface area contributed by atoms with Crippen molar-refractivity contribution in [3.8, 4) is 0 Å². The van der Waals surface area contributed by atoms with Crippen molar-refractivity contribution in [1.82, 2.24) is 9.88 Å². The van der Waals surface area contributed by atoms with Gasteiger partial charge in [-0.3, -0.25) is 0 Å². The third kappa shape index (κ3) is 2.10. The van der Waals surface area contributed by atoms with Gasteiger partial charge in [-0.25, -0.2) is 0 Å². The molecule has 1 aliphatic carbocycles. The highest BCUT2D eigenvalue weighted by Gasteiger charge is 2.19. The fourth-order valence-corrected chi connectivity index (χ4v) is 3.08. The Morgan fingerprint density at radius 3 is 2.10 bits per heavy atom. The average Bonchev–Trinajstić information content (AvgIpc) is 3.27. The maximum absolute atomic E-state index is 3.60. The van der Waals surface area contributed by atoms with Crippen molar-refractivity contribution in [2.24, 2.45) is 0 Å². The molecule has 1 aromatic heterocycles. The number of hydrogen-bond acceptors (Lipinski definition) is 1. The Balaban J connectivity index is 1.67. The molecule has 1 fully saturated rings. The van der Waals surface area contributed by atoms with Gasteiger partial charge in [0.25, 0.3) is 0 Å². The van der Waals surface area contributed by atoms with E-state index in [1.54, 1.807) is 0 Å². The molecule has 0 saturated heterocycles. The van der Waals surface area contributed by atoms with E-state index in [2.05, 4.69) is 58.4 Å². The molecule has 0 radical (unpaired) electrons. The number of hydrogen-bond donors (Lipinski definition) is 1. The Bertz CT molecular complexity index is 684. The first-order valence-corrected chi connectivity index (χ1v) is 7.63. The molecule has 2 nitrogen and oxygen atoms in total. The Labute approximate surface area is 119 Å². The molecule has 0 aliphatic heterocycles. The number of nitrogens with zero attached hydrogens (tertiary/aromatic N) is 1. The molecular weight excluding hydrogens is 244 g/mol. The highest BCUT2D eigenvalue weighted by molar-refractivity contribution is 6.07. The number of nitrogens with one attached hydrogen (secondary N) is 1. The Hall–Kier alpha value is -1.80. The molecule has 1 aliphatic rings. The molecule has 3 aromatic rings. The number of benzene rings is 2. The predicted octanol–water partition coefficient (Wildman–Crippen LogP) is 3.94. The summed E-state index contributed by atoms with van der Waals surface area (Å²) in [6.07, 6.45) is 3.93. The summed E-state index contributed by atoms with van der Waals surface area (Å²) in [6.45, 7) is 2.22. The van der Waals surface area contributed by atoms with E-state index in [0.717, 1.165) is 19.1 Å². The summed E-state index contributed by atoms with van der Waals surface area (Å²) in [4.78, 5) is 0. The maximum atomic E-state index is 3.60. The summed E-state index contributed by atoms with van der Waals surface area (Å²) in [7, 11) is 0. The van der Waals surface area contributed by atoms with Gasteiger partial charge < -0.3 is 9.88 Å². The van der Waals surface area contributed by atoms with Crippen molar-refractivity contribution in [2.75, 3.05) is 6.54 Å². The molecule has 0 unspecified atom stereocenters. The molecule has 102 valence electrons. The summed E-state index contributed by atoms with van der Waals surface area (Å²) < 4.78 is 2.47. The highest BCUT2D eigenvalue weighted by Crippen LogP contribution is 2.28. The van der Waals surface area contributed by atoms with Gasteiger partial charge in [0.2, 0.25) is 0 Å². The molecule has 2 aromatic carbocycles. The first-order valence-electron chi connectivity index (χ1n) is 7.63. The van der Waals surface area contributed by atoms with E-state index in [4.69, 9.17) is 0 Å². The van der Waals surface area contributed by atoms with E-state index < -0.39 is 0 Å². The number of rotatable bonds is 5. The van der Waals surface area contributed by atoms with Gasteiger partial charge >= 0.3 is 0 Å². The monoisotopic (exact) mass is 264 g/mol. The van der Waals surface area contributed by atoms with Gasteiger partial charge in [-0.15, -0.1) is 0 Å². The number of para-hydroxylation sites is 2. The van der Waals surface area contributed by atoms with Gasteiger partial charge in [0.1, 0.15) is 0 Å². The number of aromatic nitrogens is 1. The average molecular weight is 264 g/mol. The predicted molar refractivity (Wildman–Crippen MR) is 85.1 cm³/mol. The second-order valence-corrected chi connectivity index (χ2v) is 5.77. The van der Waals surface area contributed by atoms with E-state index >= 15 is 0 Å². The van der Waals surface area contributed by atoms with Crippen molar-refractivity contribution in [1.29, 1.82) is 0 Å². The van der Waals surface area contributed by atoms with E-state index in [1.807, 2.05) is 0 Å². The summed E-state index contributed by atoms with van der Waals surface area (Å²) in [5.41, 5.74) is 2.72. The SMILES string of the molecule is c1ccc2c(c1)c1ccccc1n2CCCNC1CC1. The Morgan fingerprint density at radius 2 is 1.50 bits per heavy atom. The molecule has 0 spiro atoms. The van der Waals surface area contributed by atoms with Gasteiger partial charge in [-0.2, -0.15) is 0 Å². The van der Waals surface area contributed by atoms with Gasteiger partial charge in [0.05, 0.1) is 0 Å². The number of aryl methyl sites for hydroxylation is 1. The van der Waals surface area contributed by atoms with Crippen LogP contribution in [0.1, 0.15) is 19.3 Å². The summed E-state index contributed by atoms with van der Waals surface area (Å²) in [5.74, 6) is 0. The summed E-state index contributed by atoms with van der Waals surface area (Å²) >= 11 is 0.